The van der Waals surface area contributed by atoms with E-state index in [0.717, 1.165) is 5.56 Å². The second-order valence-electron chi connectivity index (χ2n) is 6.43. The van der Waals surface area contributed by atoms with Crippen molar-refractivity contribution < 1.29 is 24.5 Å². The highest BCUT2D eigenvalue weighted by atomic mass is 16.5. The van der Waals surface area contributed by atoms with Crippen LogP contribution in [0.25, 0.3) is 0 Å². The molecule has 7 heteroatoms. The van der Waals surface area contributed by atoms with Crippen LogP contribution >= 0.6 is 0 Å². The number of hydrogen-bond donors (Lipinski definition) is 3. The summed E-state index contributed by atoms with van der Waals surface area (Å²) in [5.74, 6) is -0.947. The van der Waals surface area contributed by atoms with E-state index in [1.165, 1.54) is 0 Å². The Morgan fingerprint density at radius 1 is 1.50 bits per heavy atom. The lowest BCUT2D eigenvalue weighted by atomic mass is 9.81. The van der Waals surface area contributed by atoms with Gasteiger partial charge >= 0.3 is 5.97 Å². The summed E-state index contributed by atoms with van der Waals surface area (Å²) in [6.07, 6.45) is 0. The number of carbonyl (C=O) groups is 2. The topological polar surface area (TPSA) is 99.1 Å². The Bertz CT molecular complexity index is 662. The van der Waals surface area contributed by atoms with Crippen LogP contribution in [0.15, 0.2) is 18.2 Å². The summed E-state index contributed by atoms with van der Waals surface area (Å²) in [6.45, 7) is 3.79. The summed E-state index contributed by atoms with van der Waals surface area (Å²) in [7, 11) is 0. The Morgan fingerprint density at radius 2 is 2.29 bits per heavy atom. The second kappa shape index (κ2) is 6.41. The molecule has 2 atom stereocenters. The lowest BCUT2D eigenvalue weighted by molar-refractivity contribution is -0.149. The van der Waals surface area contributed by atoms with E-state index in [0.29, 0.717) is 37.6 Å². The third kappa shape index (κ3) is 2.74. The largest absolute Gasteiger partial charge is 0.494 e. The SMILES string of the molecule is CCOc1ccc(CN2C[C@@H]3C(=O)NC[C@]3(C(=O)O)C2)cc1CO. The van der Waals surface area contributed by atoms with Crippen LogP contribution in [-0.2, 0) is 22.7 Å². The van der Waals surface area contributed by atoms with E-state index in [9.17, 15) is 19.8 Å². The van der Waals surface area contributed by atoms with Gasteiger partial charge in [-0.15, -0.1) is 0 Å². The van der Waals surface area contributed by atoms with Crippen LogP contribution in [-0.4, -0.2) is 53.2 Å². The number of carbonyl (C=O) groups excluding carboxylic acids is 1. The van der Waals surface area contributed by atoms with Crippen LogP contribution in [0.5, 0.6) is 5.75 Å². The molecule has 0 unspecified atom stereocenters. The fourth-order valence-electron chi connectivity index (χ4n) is 3.71. The molecule has 0 aromatic heterocycles. The van der Waals surface area contributed by atoms with E-state index in [2.05, 4.69) is 5.32 Å². The minimum Gasteiger partial charge on any atom is -0.494 e. The Balaban J connectivity index is 1.76. The molecule has 0 spiro atoms. The summed E-state index contributed by atoms with van der Waals surface area (Å²) in [5, 5.41) is 21.7. The lowest BCUT2D eigenvalue weighted by Gasteiger charge is -2.22. The molecule has 2 aliphatic rings. The van der Waals surface area contributed by atoms with Crippen molar-refractivity contribution in [2.24, 2.45) is 11.3 Å². The van der Waals surface area contributed by atoms with E-state index in [1.807, 2.05) is 30.0 Å². The first-order valence-corrected chi connectivity index (χ1v) is 8.09. The average Bonchev–Trinajstić information content (AvgIpc) is 3.07. The van der Waals surface area contributed by atoms with E-state index in [1.54, 1.807) is 0 Å². The summed E-state index contributed by atoms with van der Waals surface area (Å²) < 4.78 is 5.47. The van der Waals surface area contributed by atoms with Gasteiger partial charge in [-0.3, -0.25) is 14.5 Å². The number of aliphatic hydroxyl groups is 1. The van der Waals surface area contributed by atoms with E-state index < -0.39 is 17.3 Å². The standard InChI is InChI=1S/C17H22N2O5/c1-2-24-14-4-3-11(5-12(14)8-20)6-19-7-13-15(21)18-9-17(13,10-19)16(22)23/h3-5,13,20H,2,6-10H2,1H3,(H,18,21)(H,22,23)/t13-,17+/m1/s1. The highest BCUT2D eigenvalue weighted by Gasteiger charge is 2.59. The Labute approximate surface area is 140 Å². The number of fused-ring (bicyclic) bond motifs is 1. The van der Waals surface area contributed by atoms with Gasteiger partial charge in [0.05, 0.1) is 19.1 Å². The highest BCUT2D eigenvalue weighted by molar-refractivity contribution is 5.92. The number of nitrogens with zero attached hydrogens (tertiary/aromatic N) is 1. The van der Waals surface area contributed by atoms with E-state index in [4.69, 9.17) is 4.74 Å². The van der Waals surface area contributed by atoms with Gasteiger partial charge < -0.3 is 20.3 Å². The van der Waals surface area contributed by atoms with Crippen molar-refractivity contribution >= 4 is 11.9 Å². The van der Waals surface area contributed by atoms with Crippen molar-refractivity contribution in [1.82, 2.24) is 10.2 Å². The Hall–Kier alpha value is -2.12. The molecule has 2 heterocycles. The van der Waals surface area contributed by atoms with E-state index >= 15 is 0 Å². The van der Waals surface area contributed by atoms with Crippen LogP contribution in [0, 0.1) is 11.3 Å². The predicted octanol–water partition coefficient (Wildman–Crippen LogP) is 0.210. The zero-order valence-corrected chi connectivity index (χ0v) is 13.6. The van der Waals surface area contributed by atoms with Crippen molar-refractivity contribution in [2.45, 2.75) is 20.1 Å². The smallest absolute Gasteiger partial charge is 0.313 e. The Morgan fingerprint density at radius 3 is 2.92 bits per heavy atom. The molecule has 2 saturated heterocycles. The van der Waals surface area contributed by atoms with Crippen molar-refractivity contribution in [3.8, 4) is 5.75 Å². The first-order valence-electron chi connectivity index (χ1n) is 8.09. The van der Waals surface area contributed by atoms with Crippen molar-refractivity contribution in [3.05, 3.63) is 29.3 Å². The number of rotatable bonds is 6. The lowest BCUT2D eigenvalue weighted by Crippen LogP contribution is -2.40. The molecule has 1 aromatic carbocycles. The number of likely N-dealkylation sites (tertiary alicyclic amines) is 1. The average molecular weight is 334 g/mol. The fourth-order valence-corrected chi connectivity index (χ4v) is 3.71. The summed E-state index contributed by atoms with van der Waals surface area (Å²) >= 11 is 0. The van der Waals surface area contributed by atoms with Gasteiger partial charge in [0.25, 0.3) is 0 Å². The van der Waals surface area contributed by atoms with Gasteiger partial charge in [0, 0.05) is 31.7 Å². The highest BCUT2D eigenvalue weighted by Crippen LogP contribution is 2.40. The number of carboxylic acid groups (broad SMARTS) is 1. The minimum absolute atomic E-state index is 0.118. The zero-order chi connectivity index (χ0) is 17.3. The number of ether oxygens (including phenoxy) is 1. The summed E-state index contributed by atoms with van der Waals surface area (Å²) in [5.41, 5.74) is 0.644. The molecule has 0 bridgehead atoms. The third-order valence-electron chi connectivity index (χ3n) is 4.94. The molecule has 130 valence electrons. The van der Waals surface area contributed by atoms with Crippen LogP contribution in [0.2, 0.25) is 0 Å². The maximum absolute atomic E-state index is 11.9. The van der Waals surface area contributed by atoms with Gasteiger partial charge in [-0.05, 0) is 24.6 Å². The van der Waals surface area contributed by atoms with Crippen LogP contribution < -0.4 is 10.1 Å². The van der Waals surface area contributed by atoms with Crippen molar-refractivity contribution in [1.29, 1.82) is 0 Å². The number of carboxylic acids is 1. The zero-order valence-electron chi connectivity index (χ0n) is 13.6. The van der Waals surface area contributed by atoms with Gasteiger partial charge in [-0.1, -0.05) is 6.07 Å². The molecule has 0 radical (unpaired) electrons. The van der Waals surface area contributed by atoms with Gasteiger partial charge in [0.15, 0.2) is 0 Å². The molecule has 1 amide bonds. The van der Waals surface area contributed by atoms with Crippen LogP contribution in [0.1, 0.15) is 18.1 Å². The van der Waals surface area contributed by atoms with Crippen LogP contribution in [0.4, 0.5) is 0 Å². The maximum atomic E-state index is 11.9. The molecule has 3 N–H and O–H groups in total. The number of amides is 1. The number of nitrogens with one attached hydrogen (secondary N) is 1. The monoisotopic (exact) mass is 334 g/mol. The van der Waals surface area contributed by atoms with Gasteiger partial charge in [0.1, 0.15) is 11.2 Å². The van der Waals surface area contributed by atoms with Gasteiger partial charge in [-0.25, -0.2) is 0 Å². The summed E-state index contributed by atoms with van der Waals surface area (Å²) in [6, 6.07) is 5.60. The first kappa shape index (κ1) is 16.7. The Kier molecular flexibility index (Phi) is 4.47. The molecule has 1 aromatic rings. The third-order valence-corrected chi connectivity index (χ3v) is 4.94. The molecular formula is C17H22N2O5. The molecule has 0 aliphatic carbocycles. The van der Waals surface area contributed by atoms with Gasteiger partial charge in [-0.2, -0.15) is 0 Å². The molecule has 24 heavy (non-hydrogen) atoms. The quantitative estimate of drug-likeness (QED) is 0.688. The number of aliphatic hydroxyl groups excluding tert-OH is 1. The minimum atomic E-state index is -1.03. The van der Waals surface area contributed by atoms with Crippen molar-refractivity contribution in [3.63, 3.8) is 0 Å². The second-order valence-corrected chi connectivity index (χ2v) is 6.43. The van der Waals surface area contributed by atoms with E-state index in [-0.39, 0.29) is 19.1 Å². The van der Waals surface area contributed by atoms with Crippen LogP contribution in [0.3, 0.4) is 0 Å². The number of benzene rings is 1. The number of aliphatic carboxylic acids is 1. The predicted molar refractivity (Wildman–Crippen MR) is 85.4 cm³/mol. The normalized spacial score (nSPS) is 26.2. The molecule has 7 nitrogen and oxygen atoms in total. The summed E-state index contributed by atoms with van der Waals surface area (Å²) in [4.78, 5) is 25.6. The fraction of sp³-hybridized carbons (Fsp3) is 0.529. The molecule has 0 saturated carbocycles. The maximum Gasteiger partial charge on any atom is 0.313 e. The first-order chi connectivity index (χ1) is 11.5. The molecule has 2 aliphatic heterocycles. The molecule has 3 rings (SSSR count). The van der Waals surface area contributed by atoms with Crippen molar-refractivity contribution in [2.75, 3.05) is 26.2 Å². The van der Waals surface area contributed by atoms with Gasteiger partial charge in [0.2, 0.25) is 5.91 Å². The number of hydrogen-bond acceptors (Lipinski definition) is 5. The molecule has 2 fully saturated rings. The molecular weight excluding hydrogens is 312 g/mol.